The quantitative estimate of drug-likeness (QED) is 0.720. The van der Waals surface area contributed by atoms with Gasteiger partial charge in [0, 0.05) is 17.1 Å². The lowest BCUT2D eigenvalue weighted by Crippen LogP contribution is -2.34. The average molecular weight is 371 g/mol. The van der Waals surface area contributed by atoms with Gasteiger partial charge in [-0.05, 0) is 66.5 Å². The summed E-state index contributed by atoms with van der Waals surface area (Å²) in [5.41, 5.74) is 2.42. The van der Waals surface area contributed by atoms with E-state index in [0.717, 1.165) is 11.3 Å². The molecule has 0 saturated carbocycles. The predicted molar refractivity (Wildman–Crippen MR) is 99.4 cm³/mol. The van der Waals surface area contributed by atoms with Crippen molar-refractivity contribution in [3.63, 3.8) is 0 Å². The molecule has 2 aromatic carbocycles. The van der Waals surface area contributed by atoms with E-state index in [1.807, 2.05) is 43.3 Å². The van der Waals surface area contributed by atoms with Crippen LogP contribution in [-0.2, 0) is 0 Å². The number of hydrogen-bond donors (Lipinski definition) is 1. The molecule has 134 valence electrons. The molecule has 7 nitrogen and oxygen atoms in total. The number of nitrogens with one attached hydrogen (secondary N) is 1. The van der Waals surface area contributed by atoms with Crippen LogP contribution in [0.2, 0.25) is 5.02 Å². The van der Waals surface area contributed by atoms with E-state index in [-0.39, 0.29) is 11.9 Å². The molecule has 1 amide bonds. The second kappa shape index (κ2) is 8.07. The highest BCUT2D eigenvalue weighted by Gasteiger charge is 2.16. The van der Waals surface area contributed by atoms with Gasteiger partial charge in [-0.25, -0.2) is 4.68 Å². The first kappa shape index (κ1) is 18.0. The van der Waals surface area contributed by atoms with Gasteiger partial charge in [0.05, 0.1) is 11.7 Å². The van der Waals surface area contributed by atoms with Gasteiger partial charge < -0.3 is 10.2 Å². The monoisotopic (exact) mass is 370 g/mol. The fourth-order valence-corrected chi connectivity index (χ4v) is 2.85. The van der Waals surface area contributed by atoms with Gasteiger partial charge in [-0.2, -0.15) is 0 Å². The van der Waals surface area contributed by atoms with Crippen LogP contribution in [0.25, 0.3) is 5.69 Å². The Labute approximate surface area is 156 Å². The van der Waals surface area contributed by atoms with Crippen LogP contribution >= 0.6 is 11.6 Å². The van der Waals surface area contributed by atoms with Crippen LogP contribution < -0.4 is 5.32 Å². The molecular weight excluding hydrogens is 352 g/mol. The molecule has 1 heterocycles. The highest BCUT2D eigenvalue weighted by Crippen LogP contribution is 2.21. The van der Waals surface area contributed by atoms with Crippen molar-refractivity contribution in [3.8, 4) is 5.69 Å². The number of carbonyl (C=O) groups is 1. The summed E-state index contributed by atoms with van der Waals surface area (Å²) in [7, 11) is 3.94. The van der Waals surface area contributed by atoms with E-state index in [0.29, 0.717) is 17.1 Å². The lowest BCUT2D eigenvalue weighted by molar-refractivity contribution is 0.0942. The minimum Gasteiger partial charge on any atom is -0.350 e. The van der Waals surface area contributed by atoms with Crippen molar-refractivity contribution in [2.75, 3.05) is 20.6 Å². The predicted octanol–water partition coefficient (Wildman–Crippen LogP) is 2.35. The van der Waals surface area contributed by atoms with Crippen LogP contribution in [0, 0.1) is 0 Å². The number of aromatic nitrogens is 4. The fourth-order valence-electron chi connectivity index (χ4n) is 2.65. The maximum Gasteiger partial charge on any atom is 0.251 e. The van der Waals surface area contributed by atoms with E-state index in [9.17, 15) is 4.79 Å². The molecule has 1 aromatic heterocycles. The Kier molecular flexibility index (Phi) is 5.60. The maximum atomic E-state index is 12.5. The number of likely N-dealkylation sites (N-methyl/N-ethyl adjacent to an activating group) is 1. The first-order valence-corrected chi connectivity index (χ1v) is 8.46. The molecule has 26 heavy (non-hydrogen) atoms. The molecule has 0 saturated heterocycles. The molecule has 0 radical (unpaired) electrons. The Bertz CT molecular complexity index is 864. The SMILES string of the molecule is CN(C)C(CNC(=O)c1ccc(-n2cnnn2)cc1)c1cccc(Cl)c1. The van der Waals surface area contributed by atoms with Gasteiger partial charge >= 0.3 is 0 Å². The number of tetrazole rings is 1. The summed E-state index contributed by atoms with van der Waals surface area (Å²) in [4.78, 5) is 14.5. The summed E-state index contributed by atoms with van der Waals surface area (Å²) in [6.45, 7) is 0.473. The number of carbonyl (C=O) groups excluding carboxylic acids is 1. The van der Waals surface area contributed by atoms with E-state index < -0.39 is 0 Å². The van der Waals surface area contributed by atoms with Gasteiger partial charge in [-0.3, -0.25) is 4.79 Å². The lowest BCUT2D eigenvalue weighted by atomic mass is 10.1. The van der Waals surface area contributed by atoms with Crippen LogP contribution in [0.1, 0.15) is 22.0 Å². The molecule has 0 bridgehead atoms. The largest absolute Gasteiger partial charge is 0.350 e. The highest BCUT2D eigenvalue weighted by atomic mass is 35.5. The van der Waals surface area contributed by atoms with Crippen molar-refractivity contribution >= 4 is 17.5 Å². The maximum absolute atomic E-state index is 12.5. The molecule has 3 rings (SSSR count). The van der Waals surface area contributed by atoms with E-state index in [2.05, 4.69) is 20.8 Å². The van der Waals surface area contributed by atoms with Crippen molar-refractivity contribution in [2.45, 2.75) is 6.04 Å². The Balaban J connectivity index is 1.67. The van der Waals surface area contributed by atoms with Crippen LogP contribution in [0.15, 0.2) is 54.9 Å². The van der Waals surface area contributed by atoms with Gasteiger partial charge in [0.15, 0.2) is 0 Å². The minimum absolute atomic E-state index is 0.0261. The van der Waals surface area contributed by atoms with Crippen molar-refractivity contribution in [3.05, 3.63) is 71.0 Å². The molecule has 0 fully saturated rings. The third kappa shape index (κ3) is 4.25. The number of hydrogen-bond acceptors (Lipinski definition) is 5. The van der Waals surface area contributed by atoms with Crippen LogP contribution in [0.3, 0.4) is 0 Å². The first-order valence-electron chi connectivity index (χ1n) is 8.08. The molecule has 0 aliphatic rings. The number of halogens is 1. The third-order valence-corrected chi connectivity index (χ3v) is 4.29. The topological polar surface area (TPSA) is 75.9 Å². The zero-order chi connectivity index (χ0) is 18.5. The van der Waals surface area contributed by atoms with Crippen LogP contribution in [-0.4, -0.2) is 51.7 Å². The van der Waals surface area contributed by atoms with Gasteiger partial charge in [-0.1, -0.05) is 23.7 Å². The van der Waals surface area contributed by atoms with E-state index in [1.165, 1.54) is 11.0 Å². The van der Waals surface area contributed by atoms with Crippen molar-refractivity contribution in [1.82, 2.24) is 30.4 Å². The van der Waals surface area contributed by atoms with E-state index in [1.54, 1.807) is 24.3 Å². The van der Waals surface area contributed by atoms with Gasteiger partial charge in [-0.15, -0.1) is 5.10 Å². The van der Waals surface area contributed by atoms with Gasteiger partial charge in [0.2, 0.25) is 0 Å². The molecule has 3 aromatic rings. The molecule has 1 N–H and O–H groups in total. The Morgan fingerprint density at radius 2 is 2.00 bits per heavy atom. The highest BCUT2D eigenvalue weighted by molar-refractivity contribution is 6.30. The summed E-state index contributed by atoms with van der Waals surface area (Å²) in [5.74, 6) is -0.137. The zero-order valence-electron chi connectivity index (χ0n) is 14.5. The molecule has 1 unspecified atom stereocenters. The normalized spacial score (nSPS) is 12.2. The molecule has 0 aliphatic carbocycles. The van der Waals surface area contributed by atoms with Gasteiger partial charge in [0.1, 0.15) is 6.33 Å². The second-order valence-electron chi connectivity index (χ2n) is 6.05. The van der Waals surface area contributed by atoms with Crippen molar-refractivity contribution in [2.24, 2.45) is 0 Å². The smallest absolute Gasteiger partial charge is 0.251 e. The number of nitrogens with zero attached hydrogens (tertiary/aromatic N) is 5. The van der Waals surface area contributed by atoms with Crippen LogP contribution in [0.4, 0.5) is 0 Å². The third-order valence-electron chi connectivity index (χ3n) is 4.06. The van der Waals surface area contributed by atoms with E-state index >= 15 is 0 Å². The number of amides is 1. The Hall–Kier alpha value is -2.77. The summed E-state index contributed by atoms with van der Waals surface area (Å²) in [6.07, 6.45) is 1.50. The standard InChI is InChI=1S/C18H19ClN6O/c1-24(2)17(14-4-3-5-15(19)10-14)11-20-18(26)13-6-8-16(9-7-13)25-12-21-22-23-25/h3-10,12,17H,11H2,1-2H3,(H,20,26). The lowest BCUT2D eigenvalue weighted by Gasteiger charge is -2.25. The van der Waals surface area contributed by atoms with Gasteiger partial charge in [0.25, 0.3) is 5.91 Å². The summed E-state index contributed by atoms with van der Waals surface area (Å²) in [6, 6.07) is 14.8. The molecular formula is C18H19ClN6O. The molecule has 0 spiro atoms. The number of benzene rings is 2. The average Bonchev–Trinajstić information content (AvgIpc) is 3.16. The van der Waals surface area contributed by atoms with Crippen molar-refractivity contribution in [1.29, 1.82) is 0 Å². The summed E-state index contributed by atoms with van der Waals surface area (Å²) in [5, 5.41) is 14.7. The van der Waals surface area contributed by atoms with Crippen LogP contribution in [0.5, 0.6) is 0 Å². The number of rotatable bonds is 6. The second-order valence-corrected chi connectivity index (χ2v) is 6.48. The Morgan fingerprint density at radius 3 is 2.62 bits per heavy atom. The molecule has 1 atom stereocenters. The summed E-state index contributed by atoms with van der Waals surface area (Å²) < 4.78 is 1.53. The Morgan fingerprint density at radius 1 is 1.23 bits per heavy atom. The minimum atomic E-state index is -0.137. The zero-order valence-corrected chi connectivity index (χ0v) is 15.3. The first-order chi connectivity index (χ1) is 12.5. The van der Waals surface area contributed by atoms with E-state index in [4.69, 9.17) is 11.6 Å². The fraction of sp³-hybridized carbons (Fsp3) is 0.222. The van der Waals surface area contributed by atoms with Crippen molar-refractivity contribution < 1.29 is 4.79 Å². The molecule has 8 heteroatoms. The molecule has 0 aliphatic heterocycles. The summed E-state index contributed by atoms with van der Waals surface area (Å²) >= 11 is 6.09.